The van der Waals surface area contributed by atoms with Crippen molar-refractivity contribution in [3.8, 4) is 5.75 Å². The molecular weight excluding hydrogens is 306 g/mol. The lowest BCUT2D eigenvalue weighted by molar-refractivity contribution is -0.139. The van der Waals surface area contributed by atoms with Gasteiger partial charge in [-0.25, -0.2) is 0 Å². The Kier molecular flexibility index (Phi) is 5.67. The summed E-state index contributed by atoms with van der Waals surface area (Å²) in [6.45, 7) is 5.04. The highest BCUT2D eigenvalue weighted by Crippen LogP contribution is 2.29. The van der Waals surface area contributed by atoms with E-state index in [2.05, 4.69) is 4.90 Å². The summed E-state index contributed by atoms with van der Waals surface area (Å²) in [4.78, 5) is 13.9. The molecule has 0 atom stereocenters. The number of carbonyl (C=O) groups excluding carboxylic acids is 1. The number of carbonyl (C=O) groups is 1. The molecule has 0 bridgehead atoms. The zero-order valence-electron chi connectivity index (χ0n) is 14.0. The van der Waals surface area contributed by atoms with Crippen LogP contribution in [0, 0.1) is 0 Å². The summed E-state index contributed by atoms with van der Waals surface area (Å²) >= 11 is 0. The second-order valence-electron chi connectivity index (χ2n) is 5.82. The van der Waals surface area contributed by atoms with Crippen LogP contribution in [0.3, 0.4) is 0 Å². The molecule has 128 valence electrons. The van der Waals surface area contributed by atoms with Gasteiger partial charge in [0.25, 0.3) is 0 Å². The SMILES string of the molecule is COC(=O)Cc1ccc(OCCN2CCOCC2)c2ccccc12. The Balaban J connectivity index is 1.71. The fourth-order valence-corrected chi connectivity index (χ4v) is 2.95. The molecule has 0 radical (unpaired) electrons. The van der Waals surface area contributed by atoms with E-state index in [0.717, 1.165) is 54.9 Å². The van der Waals surface area contributed by atoms with Gasteiger partial charge in [0.15, 0.2) is 0 Å². The van der Waals surface area contributed by atoms with Crippen LogP contribution in [0.1, 0.15) is 5.56 Å². The van der Waals surface area contributed by atoms with E-state index < -0.39 is 0 Å². The molecule has 1 heterocycles. The highest BCUT2D eigenvalue weighted by Gasteiger charge is 2.12. The molecule has 1 fully saturated rings. The molecule has 24 heavy (non-hydrogen) atoms. The summed E-state index contributed by atoms with van der Waals surface area (Å²) in [5.74, 6) is 0.619. The van der Waals surface area contributed by atoms with Crippen LogP contribution in [0.5, 0.6) is 5.75 Å². The topological polar surface area (TPSA) is 48.0 Å². The number of benzene rings is 2. The van der Waals surface area contributed by atoms with E-state index in [0.29, 0.717) is 6.61 Å². The molecule has 0 aromatic heterocycles. The minimum absolute atomic E-state index is 0.235. The van der Waals surface area contributed by atoms with Gasteiger partial charge in [-0.05, 0) is 17.0 Å². The first kappa shape index (κ1) is 16.7. The first-order chi connectivity index (χ1) is 11.8. The molecule has 0 unspecified atom stereocenters. The minimum atomic E-state index is -0.235. The summed E-state index contributed by atoms with van der Waals surface area (Å²) in [7, 11) is 1.41. The van der Waals surface area contributed by atoms with Gasteiger partial charge in [-0.2, -0.15) is 0 Å². The van der Waals surface area contributed by atoms with Crippen molar-refractivity contribution < 1.29 is 19.0 Å². The van der Waals surface area contributed by atoms with Crippen molar-refractivity contribution >= 4 is 16.7 Å². The van der Waals surface area contributed by atoms with Crippen molar-refractivity contribution in [2.75, 3.05) is 46.6 Å². The number of fused-ring (bicyclic) bond motifs is 1. The molecule has 1 aliphatic rings. The van der Waals surface area contributed by atoms with Crippen LogP contribution in [0.25, 0.3) is 10.8 Å². The van der Waals surface area contributed by atoms with Crippen LogP contribution in [0.15, 0.2) is 36.4 Å². The van der Waals surface area contributed by atoms with Crippen molar-refractivity contribution in [1.82, 2.24) is 4.90 Å². The van der Waals surface area contributed by atoms with Crippen LogP contribution in [-0.2, 0) is 20.7 Å². The quantitative estimate of drug-likeness (QED) is 0.761. The molecule has 2 aromatic rings. The maximum absolute atomic E-state index is 11.6. The molecule has 2 aromatic carbocycles. The molecule has 0 N–H and O–H groups in total. The summed E-state index contributed by atoms with van der Waals surface area (Å²) in [6.07, 6.45) is 0.269. The highest BCUT2D eigenvalue weighted by molar-refractivity contribution is 5.93. The van der Waals surface area contributed by atoms with E-state index in [9.17, 15) is 4.79 Å². The number of ether oxygens (including phenoxy) is 3. The van der Waals surface area contributed by atoms with Crippen molar-refractivity contribution in [3.63, 3.8) is 0 Å². The molecule has 3 rings (SSSR count). The van der Waals surface area contributed by atoms with Gasteiger partial charge in [0.2, 0.25) is 0 Å². The van der Waals surface area contributed by atoms with Crippen molar-refractivity contribution in [1.29, 1.82) is 0 Å². The Morgan fingerprint density at radius 3 is 2.62 bits per heavy atom. The number of methoxy groups -OCH3 is 1. The summed E-state index contributed by atoms with van der Waals surface area (Å²) in [5.41, 5.74) is 0.956. The molecule has 5 nitrogen and oxygen atoms in total. The van der Waals surface area contributed by atoms with Gasteiger partial charge in [0.05, 0.1) is 26.7 Å². The van der Waals surface area contributed by atoms with Crippen LogP contribution < -0.4 is 4.74 Å². The molecule has 1 aliphatic heterocycles. The average Bonchev–Trinajstić information content (AvgIpc) is 2.64. The molecule has 0 aliphatic carbocycles. The second-order valence-corrected chi connectivity index (χ2v) is 5.82. The zero-order valence-corrected chi connectivity index (χ0v) is 14.0. The number of nitrogens with zero attached hydrogens (tertiary/aromatic N) is 1. The normalized spacial score (nSPS) is 15.4. The number of rotatable bonds is 6. The van der Waals surface area contributed by atoms with Crippen molar-refractivity contribution in [2.24, 2.45) is 0 Å². The third kappa shape index (κ3) is 4.04. The zero-order chi connectivity index (χ0) is 16.8. The average molecular weight is 329 g/mol. The Morgan fingerprint density at radius 1 is 1.12 bits per heavy atom. The highest BCUT2D eigenvalue weighted by atomic mass is 16.5. The summed E-state index contributed by atoms with van der Waals surface area (Å²) in [6, 6.07) is 11.9. The Hall–Kier alpha value is -2.11. The smallest absolute Gasteiger partial charge is 0.309 e. The Bertz CT molecular complexity index is 695. The lowest BCUT2D eigenvalue weighted by atomic mass is 10.0. The number of morpholine rings is 1. The standard InChI is InChI=1S/C19H23NO4/c1-22-19(21)14-15-6-7-18(17-5-3-2-4-16(15)17)24-13-10-20-8-11-23-12-9-20/h2-7H,8-14H2,1H3. The van der Waals surface area contributed by atoms with Gasteiger partial charge in [0, 0.05) is 25.0 Å². The maximum atomic E-state index is 11.6. The molecule has 0 spiro atoms. The molecule has 1 saturated heterocycles. The van der Waals surface area contributed by atoms with E-state index in [1.807, 2.05) is 36.4 Å². The van der Waals surface area contributed by atoms with Crippen LogP contribution >= 0.6 is 0 Å². The Morgan fingerprint density at radius 2 is 1.88 bits per heavy atom. The van der Waals surface area contributed by atoms with Gasteiger partial charge in [0.1, 0.15) is 12.4 Å². The van der Waals surface area contributed by atoms with Gasteiger partial charge in [-0.3, -0.25) is 9.69 Å². The monoisotopic (exact) mass is 329 g/mol. The number of hydrogen-bond acceptors (Lipinski definition) is 5. The first-order valence-corrected chi connectivity index (χ1v) is 8.28. The first-order valence-electron chi connectivity index (χ1n) is 8.28. The lowest BCUT2D eigenvalue weighted by Crippen LogP contribution is -2.38. The van der Waals surface area contributed by atoms with Crippen molar-refractivity contribution in [2.45, 2.75) is 6.42 Å². The number of esters is 1. The van der Waals surface area contributed by atoms with E-state index in [1.165, 1.54) is 7.11 Å². The van der Waals surface area contributed by atoms with Crippen molar-refractivity contribution in [3.05, 3.63) is 42.0 Å². The van der Waals surface area contributed by atoms with Crippen LogP contribution in [-0.4, -0.2) is 57.4 Å². The molecule has 0 saturated carbocycles. The van der Waals surface area contributed by atoms with E-state index in [4.69, 9.17) is 14.2 Å². The van der Waals surface area contributed by atoms with E-state index in [-0.39, 0.29) is 12.4 Å². The minimum Gasteiger partial charge on any atom is -0.492 e. The predicted octanol–water partition coefficient (Wildman–Crippen LogP) is 2.27. The van der Waals surface area contributed by atoms with E-state index >= 15 is 0 Å². The predicted molar refractivity (Wildman–Crippen MR) is 92.4 cm³/mol. The summed E-state index contributed by atoms with van der Waals surface area (Å²) < 4.78 is 16.1. The Labute approximate surface area is 142 Å². The fourth-order valence-electron chi connectivity index (χ4n) is 2.95. The van der Waals surface area contributed by atoms with E-state index in [1.54, 1.807) is 0 Å². The fraction of sp³-hybridized carbons (Fsp3) is 0.421. The second kappa shape index (κ2) is 8.13. The number of hydrogen-bond donors (Lipinski definition) is 0. The lowest BCUT2D eigenvalue weighted by Gasteiger charge is -2.26. The van der Waals surface area contributed by atoms with Gasteiger partial charge in [-0.15, -0.1) is 0 Å². The van der Waals surface area contributed by atoms with Gasteiger partial charge >= 0.3 is 5.97 Å². The van der Waals surface area contributed by atoms with Crippen LogP contribution in [0.2, 0.25) is 0 Å². The molecule has 5 heteroatoms. The molecular formula is C19H23NO4. The summed E-state index contributed by atoms with van der Waals surface area (Å²) in [5, 5.41) is 2.06. The largest absolute Gasteiger partial charge is 0.492 e. The third-order valence-corrected chi connectivity index (χ3v) is 4.31. The van der Waals surface area contributed by atoms with Gasteiger partial charge in [-0.1, -0.05) is 30.3 Å². The van der Waals surface area contributed by atoms with Crippen LogP contribution in [0.4, 0.5) is 0 Å². The third-order valence-electron chi connectivity index (χ3n) is 4.31. The molecule has 0 amide bonds. The maximum Gasteiger partial charge on any atom is 0.309 e. The van der Waals surface area contributed by atoms with Gasteiger partial charge < -0.3 is 14.2 Å².